The minimum absolute atomic E-state index is 0.0447. The summed E-state index contributed by atoms with van der Waals surface area (Å²) in [4.78, 5) is 0. The summed E-state index contributed by atoms with van der Waals surface area (Å²) in [5.74, 6) is 0. The van der Waals surface area contributed by atoms with Gasteiger partial charge in [-0.05, 0) is 37.5 Å². The molecule has 3 rings (SSSR count). The highest BCUT2D eigenvalue weighted by Crippen LogP contribution is 2.40. The second-order valence-corrected chi connectivity index (χ2v) is 5.54. The molecule has 21 heavy (non-hydrogen) atoms. The van der Waals surface area contributed by atoms with Crippen molar-refractivity contribution in [1.82, 2.24) is 4.57 Å². The van der Waals surface area contributed by atoms with E-state index in [-0.39, 0.29) is 10.7 Å². The minimum atomic E-state index is -4.48. The summed E-state index contributed by atoms with van der Waals surface area (Å²) in [6, 6.07) is 5.42. The van der Waals surface area contributed by atoms with Gasteiger partial charge in [0.25, 0.3) is 0 Å². The summed E-state index contributed by atoms with van der Waals surface area (Å²) in [7, 11) is 0. The first-order chi connectivity index (χ1) is 9.89. The summed E-state index contributed by atoms with van der Waals surface area (Å²) >= 11 is 6.02. The van der Waals surface area contributed by atoms with E-state index < -0.39 is 17.8 Å². The van der Waals surface area contributed by atoms with E-state index >= 15 is 0 Å². The SMILES string of the molecule is OC1CCCc2c1ccn2-c1c(Cl)cccc1C(F)(F)F. The predicted molar refractivity (Wildman–Crippen MR) is 73.7 cm³/mol. The van der Waals surface area contributed by atoms with E-state index in [2.05, 4.69) is 0 Å². The van der Waals surface area contributed by atoms with Crippen LogP contribution in [0.2, 0.25) is 5.02 Å². The van der Waals surface area contributed by atoms with Crippen LogP contribution >= 0.6 is 11.6 Å². The maximum atomic E-state index is 13.2. The van der Waals surface area contributed by atoms with Gasteiger partial charge in [-0.25, -0.2) is 0 Å². The molecule has 0 fully saturated rings. The second-order valence-electron chi connectivity index (χ2n) is 5.13. The van der Waals surface area contributed by atoms with Crippen LogP contribution in [0.5, 0.6) is 0 Å². The smallest absolute Gasteiger partial charge is 0.388 e. The average molecular weight is 316 g/mol. The number of para-hydroxylation sites is 1. The van der Waals surface area contributed by atoms with Gasteiger partial charge in [0, 0.05) is 17.5 Å². The molecule has 0 saturated carbocycles. The van der Waals surface area contributed by atoms with Crippen LogP contribution in [0.25, 0.3) is 5.69 Å². The number of alkyl halides is 3. The Bertz CT molecular complexity index is 678. The zero-order chi connectivity index (χ0) is 15.2. The van der Waals surface area contributed by atoms with Crippen LogP contribution in [0, 0.1) is 0 Å². The molecule has 2 aromatic rings. The fourth-order valence-corrected chi connectivity index (χ4v) is 3.13. The molecule has 1 heterocycles. The van der Waals surface area contributed by atoms with Crippen molar-refractivity contribution in [3.63, 3.8) is 0 Å². The van der Waals surface area contributed by atoms with Crippen LogP contribution in [0.1, 0.15) is 35.8 Å². The third-order valence-corrected chi connectivity index (χ3v) is 4.12. The number of halogens is 4. The Morgan fingerprint density at radius 3 is 2.71 bits per heavy atom. The van der Waals surface area contributed by atoms with E-state index in [9.17, 15) is 18.3 Å². The van der Waals surface area contributed by atoms with Gasteiger partial charge in [-0.15, -0.1) is 0 Å². The second kappa shape index (κ2) is 5.07. The van der Waals surface area contributed by atoms with Gasteiger partial charge in [0.05, 0.1) is 22.4 Å². The van der Waals surface area contributed by atoms with Gasteiger partial charge in [-0.3, -0.25) is 0 Å². The molecular weight excluding hydrogens is 303 g/mol. The monoisotopic (exact) mass is 315 g/mol. The number of fused-ring (bicyclic) bond motifs is 1. The summed E-state index contributed by atoms with van der Waals surface area (Å²) in [6.07, 6.45) is -1.55. The lowest BCUT2D eigenvalue weighted by atomic mass is 9.95. The molecule has 112 valence electrons. The van der Waals surface area contributed by atoms with E-state index in [4.69, 9.17) is 11.6 Å². The van der Waals surface area contributed by atoms with Crippen LogP contribution < -0.4 is 0 Å². The van der Waals surface area contributed by atoms with Crippen LogP contribution in [-0.4, -0.2) is 9.67 Å². The number of benzene rings is 1. The number of aliphatic hydroxyl groups is 1. The molecular formula is C15H13ClF3NO. The van der Waals surface area contributed by atoms with Crippen molar-refractivity contribution in [2.24, 2.45) is 0 Å². The molecule has 0 radical (unpaired) electrons. The Hall–Kier alpha value is -1.46. The van der Waals surface area contributed by atoms with Crippen LogP contribution in [-0.2, 0) is 12.6 Å². The maximum absolute atomic E-state index is 13.2. The number of nitrogens with zero attached hydrogens (tertiary/aromatic N) is 1. The molecule has 2 nitrogen and oxygen atoms in total. The molecule has 6 heteroatoms. The van der Waals surface area contributed by atoms with Crippen LogP contribution in [0.15, 0.2) is 30.5 Å². The van der Waals surface area contributed by atoms with Gasteiger partial charge in [0.15, 0.2) is 0 Å². The normalized spacial score (nSPS) is 18.6. The fourth-order valence-electron chi connectivity index (χ4n) is 2.87. The minimum Gasteiger partial charge on any atom is -0.388 e. The number of aromatic nitrogens is 1. The Morgan fingerprint density at radius 1 is 1.24 bits per heavy atom. The first-order valence-corrected chi connectivity index (χ1v) is 7.01. The zero-order valence-corrected chi connectivity index (χ0v) is 11.7. The molecule has 0 aliphatic heterocycles. The van der Waals surface area contributed by atoms with Gasteiger partial charge in [-0.1, -0.05) is 17.7 Å². The first kappa shape index (κ1) is 14.5. The molecule has 1 aliphatic rings. The topological polar surface area (TPSA) is 25.2 Å². The third kappa shape index (κ3) is 2.45. The number of rotatable bonds is 1. The average Bonchev–Trinajstić information content (AvgIpc) is 2.82. The summed E-state index contributed by atoms with van der Waals surface area (Å²) in [5.41, 5.74) is 0.553. The fraction of sp³-hybridized carbons (Fsp3) is 0.333. The number of aliphatic hydroxyl groups excluding tert-OH is 1. The van der Waals surface area contributed by atoms with E-state index in [1.54, 1.807) is 12.3 Å². The summed E-state index contributed by atoms with van der Waals surface area (Å²) < 4.78 is 41.1. The maximum Gasteiger partial charge on any atom is 0.418 e. The van der Waals surface area contributed by atoms with Crippen molar-refractivity contribution < 1.29 is 18.3 Å². The number of hydrogen-bond donors (Lipinski definition) is 1. The van der Waals surface area contributed by atoms with Crippen LogP contribution in [0.3, 0.4) is 0 Å². The first-order valence-electron chi connectivity index (χ1n) is 6.64. The Balaban J connectivity index is 2.23. The lowest BCUT2D eigenvalue weighted by Gasteiger charge is -2.22. The Labute approximate surface area is 124 Å². The lowest BCUT2D eigenvalue weighted by molar-refractivity contribution is -0.137. The molecule has 0 spiro atoms. The molecule has 1 aliphatic carbocycles. The highest BCUT2D eigenvalue weighted by Gasteiger charge is 2.35. The van der Waals surface area contributed by atoms with E-state index in [0.717, 1.165) is 12.5 Å². The zero-order valence-electron chi connectivity index (χ0n) is 11.0. The van der Waals surface area contributed by atoms with Crippen molar-refractivity contribution in [3.8, 4) is 5.69 Å². The third-order valence-electron chi connectivity index (χ3n) is 3.81. The lowest BCUT2D eigenvalue weighted by Crippen LogP contribution is -2.15. The number of hydrogen-bond acceptors (Lipinski definition) is 1. The van der Waals surface area contributed by atoms with Crippen molar-refractivity contribution in [3.05, 3.63) is 52.3 Å². The van der Waals surface area contributed by atoms with E-state index in [0.29, 0.717) is 24.1 Å². The van der Waals surface area contributed by atoms with Gasteiger partial charge < -0.3 is 9.67 Å². The molecule has 1 unspecified atom stereocenters. The van der Waals surface area contributed by atoms with Gasteiger partial charge >= 0.3 is 6.18 Å². The van der Waals surface area contributed by atoms with Crippen molar-refractivity contribution in [1.29, 1.82) is 0 Å². The molecule has 1 aromatic carbocycles. The molecule has 1 aromatic heterocycles. The van der Waals surface area contributed by atoms with Gasteiger partial charge in [-0.2, -0.15) is 13.2 Å². The largest absolute Gasteiger partial charge is 0.418 e. The van der Waals surface area contributed by atoms with Crippen molar-refractivity contribution >= 4 is 11.6 Å². The molecule has 1 N–H and O–H groups in total. The van der Waals surface area contributed by atoms with Gasteiger partial charge in [0.2, 0.25) is 0 Å². The van der Waals surface area contributed by atoms with Crippen LogP contribution in [0.4, 0.5) is 13.2 Å². The summed E-state index contributed by atoms with van der Waals surface area (Å²) in [5, 5.41) is 10.00. The quantitative estimate of drug-likeness (QED) is 0.822. The predicted octanol–water partition coefficient (Wildman–Crippen LogP) is 4.52. The Kier molecular flexibility index (Phi) is 3.50. The van der Waals surface area contributed by atoms with Crippen molar-refractivity contribution in [2.75, 3.05) is 0 Å². The standard InChI is InChI=1S/C15H13ClF3NO/c16-11-4-1-3-10(15(17,18)19)14(11)20-8-7-9-12(20)5-2-6-13(9)21/h1,3-4,7-8,13,21H,2,5-6H2. The molecule has 1 atom stereocenters. The Morgan fingerprint density at radius 2 is 2.00 bits per heavy atom. The van der Waals surface area contributed by atoms with E-state index in [1.807, 2.05) is 0 Å². The van der Waals surface area contributed by atoms with Gasteiger partial charge in [0.1, 0.15) is 0 Å². The highest BCUT2D eigenvalue weighted by molar-refractivity contribution is 6.32. The summed E-state index contributed by atoms with van der Waals surface area (Å²) in [6.45, 7) is 0. The molecule has 0 amide bonds. The van der Waals surface area contributed by atoms with E-state index in [1.165, 1.54) is 16.7 Å². The molecule has 0 saturated heterocycles. The molecule has 0 bridgehead atoms. The van der Waals surface area contributed by atoms with Crippen molar-refractivity contribution in [2.45, 2.75) is 31.5 Å². The highest BCUT2D eigenvalue weighted by atomic mass is 35.5.